The second kappa shape index (κ2) is 6.00. The summed E-state index contributed by atoms with van der Waals surface area (Å²) < 4.78 is 0. The van der Waals surface area contributed by atoms with Crippen molar-refractivity contribution in [2.75, 3.05) is 19.6 Å². The molecule has 2 amide bonds. The van der Waals surface area contributed by atoms with Crippen molar-refractivity contribution < 1.29 is 14.7 Å². The van der Waals surface area contributed by atoms with Gasteiger partial charge in [0.2, 0.25) is 11.8 Å². The zero-order valence-electron chi connectivity index (χ0n) is 10.7. The minimum atomic E-state index is -0.679. The van der Waals surface area contributed by atoms with E-state index in [0.29, 0.717) is 26.1 Å². The normalized spacial score (nSPS) is 17.5. The van der Waals surface area contributed by atoms with Gasteiger partial charge >= 0.3 is 0 Å². The van der Waals surface area contributed by atoms with E-state index in [2.05, 4.69) is 5.32 Å². The summed E-state index contributed by atoms with van der Waals surface area (Å²) in [5.41, 5.74) is -0.679. The number of nitrogens with one attached hydrogen (secondary N) is 1. The van der Waals surface area contributed by atoms with Gasteiger partial charge in [0.05, 0.1) is 18.7 Å². The highest BCUT2D eigenvalue weighted by atomic mass is 16.3. The number of amides is 2. The maximum atomic E-state index is 11.6. The van der Waals surface area contributed by atoms with Crippen molar-refractivity contribution in [3.05, 3.63) is 0 Å². The fraction of sp³-hybridized carbons (Fsp3) is 0.833. The quantitative estimate of drug-likeness (QED) is 0.657. The number of hydrogen-bond acceptors (Lipinski definition) is 3. The molecule has 0 saturated carbocycles. The summed E-state index contributed by atoms with van der Waals surface area (Å²) in [7, 11) is 0. The first-order valence-electron chi connectivity index (χ1n) is 6.15. The molecule has 0 bridgehead atoms. The number of β-amino-alcohol motifs (C(OH)–C–C–N with tert-alkyl or cyclic N) is 1. The molecule has 1 aliphatic rings. The van der Waals surface area contributed by atoms with Gasteiger partial charge in [-0.05, 0) is 19.8 Å². The number of rotatable bonds is 6. The van der Waals surface area contributed by atoms with Crippen LogP contribution in [0.25, 0.3) is 0 Å². The van der Waals surface area contributed by atoms with Gasteiger partial charge in [0.15, 0.2) is 0 Å². The van der Waals surface area contributed by atoms with Crippen molar-refractivity contribution in [1.82, 2.24) is 10.2 Å². The Balaban J connectivity index is 1.96. The largest absolute Gasteiger partial charge is 0.386 e. The molecule has 0 unspecified atom stereocenters. The summed E-state index contributed by atoms with van der Waals surface area (Å²) in [6, 6.07) is 0. The number of likely N-dealkylation sites (tertiary alicyclic amines) is 1. The van der Waals surface area contributed by atoms with Gasteiger partial charge in [0, 0.05) is 19.9 Å². The average Bonchev–Trinajstić information content (AvgIpc) is 2.18. The van der Waals surface area contributed by atoms with Crippen LogP contribution in [-0.4, -0.2) is 47.1 Å². The summed E-state index contributed by atoms with van der Waals surface area (Å²) >= 11 is 0. The van der Waals surface area contributed by atoms with Crippen molar-refractivity contribution in [3.8, 4) is 0 Å². The van der Waals surface area contributed by atoms with Gasteiger partial charge in [-0.25, -0.2) is 0 Å². The molecule has 17 heavy (non-hydrogen) atoms. The lowest BCUT2D eigenvalue weighted by Crippen LogP contribution is -2.61. The first-order chi connectivity index (χ1) is 7.91. The van der Waals surface area contributed by atoms with Crippen LogP contribution in [0.15, 0.2) is 0 Å². The number of hydrogen-bond donors (Lipinski definition) is 2. The SMILES string of the molecule is CC(=O)NCCCCCC(=O)N1CC(C)(O)C1. The summed E-state index contributed by atoms with van der Waals surface area (Å²) in [5.74, 6) is 0.111. The number of nitrogens with zero attached hydrogens (tertiary/aromatic N) is 1. The Morgan fingerprint density at radius 2 is 1.94 bits per heavy atom. The van der Waals surface area contributed by atoms with Gasteiger partial charge in [0.1, 0.15) is 0 Å². The van der Waals surface area contributed by atoms with E-state index in [4.69, 9.17) is 0 Å². The Kier molecular flexibility index (Phi) is 4.93. The number of unbranched alkanes of at least 4 members (excludes halogenated alkanes) is 2. The van der Waals surface area contributed by atoms with Crippen LogP contribution in [0.3, 0.4) is 0 Å². The highest BCUT2D eigenvalue weighted by Gasteiger charge is 2.38. The Morgan fingerprint density at radius 1 is 1.29 bits per heavy atom. The third kappa shape index (κ3) is 5.17. The molecule has 0 aliphatic carbocycles. The summed E-state index contributed by atoms with van der Waals surface area (Å²) in [6.45, 7) is 4.83. The van der Waals surface area contributed by atoms with E-state index in [-0.39, 0.29) is 11.8 Å². The Labute approximate surface area is 102 Å². The predicted octanol–water partition coefficient (Wildman–Crippen LogP) is 0.276. The lowest BCUT2D eigenvalue weighted by atomic mass is 9.96. The molecule has 1 aliphatic heterocycles. The number of aliphatic hydroxyl groups is 1. The van der Waals surface area contributed by atoms with Crippen molar-refractivity contribution in [2.45, 2.75) is 45.1 Å². The molecule has 1 fully saturated rings. The van der Waals surface area contributed by atoms with Crippen LogP contribution in [0, 0.1) is 0 Å². The molecule has 0 spiro atoms. The van der Waals surface area contributed by atoms with Crippen LogP contribution in [-0.2, 0) is 9.59 Å². The van der Waals surface area contributed by atoms with E-state index in [9.17, 15) is 14.7 Å². The van der Waals surface area contributed by atoms with Crippen LogP contribution in [0.1, 0.15) is 39.5 Å². The number of carbonyl (C=O) groups is 2. The highest BCUT2D eigenvalue weighted by Crippen LogP contribution is 2.20. The molecule has 5 nitrogen and oxygen atoms in total. The van der Waals surface area contributed by atoms with Crippen molar-refractivity contribution in [3.63, 3.8) is 0 Å². The fourth-order valence-corrected chi connectivity index (χ4v) is 1.95. The van der Waals surface area contributed by atoms with Gasteiger partial charge in [0.25, 0.3) is 0 Å². The van der Waals surface area contributed by atoms with Crippen molar-refractivity contribution >= 4 is 11.8 Å². The third-order valence-corrected chi connectivity index (χ3v) is 2.86. The molecule has 0 radical (unpaired) electrons. The molecule has 98 valence electrons. The van der Waals surface area contributed by atoms with Crippen molar-refractivity contribution in [2.24, 2.45) is 0 Å². The lowest BCUT2D eigenvalue weighted by molar-refractivity contribution is -0.152. The molecule has 2 N–H and O–H groups in total. The topological polar surface area (TPSA) is 69.6 Å². The van der Waals surface area contributed by atoms with Gasteiger partial charge in [-0.3, -0.25) is 9.59 Å². The maximum Gasteiger partial charge on any atom is 0.222 e. The van der Waals surface area contributed by atoms with Gasteiger partial charge in [-0.1, -0.05) is 6.42 Å². The minimum Gasteiger partial charge on any atom is -0.386 e. The van der Waals surface area contributed by atoms with Gasteiger partial charge in [-0.15, -0.1) is 0 Å². The molecule has 1 saturated heterocycles. The lowest BCUT2D eigenvalue weighted by Gasteiger charge is -2.44. The van der Waals surface area contributed by atoms with E-state index >= 15 is 0 Å². The minimum absolute atomic E-state index is 0.0103. The second-order valence-electron chi connectivity index (χ2n) is 5.04. The molecule has 5 heteroatoms. The first kappa shape index (κ1) is 14.0. The molecule has 0 aromatic rings. The molecule has 0 aromatic heterocycles. The first-order valence-corrected chi connectivity index (χ1v) is 6.15. The molecule has 0 atom stereocenters. The Hall–Kier alpha value is -1.10. The van der Waals surface area contributed by atoms with E-state index in [1.54, 1.807) is 11.8 Å². The molecular weight excluding hydrogens is 220 g/mol. The Morgan fingerprint density at radius 3 is 2.47 bits per heavy atom. The van der Waals surface area contributed by atoms with E-state index < -0.39 is 5.60 Å². The molecule has 0 aromatic carbocycles. The fourth-order valence-electron chi connectivity index (χ4n) is 1.95. The highest BCUT2D eigenvalue weighted by molar-refractivity contribution is 5.77. The van der Waals surface area contributed by atoms with Crippen LogP contribution in [0.4, 0.5) is 0 Å². The maximum absolute atomic E-state index is 11.6. The van der Waals surface area contributed by atoms with Gasteiger partial charge < -0.3 is 15.3 Å². The zero-order chi connectivity index (χ0) is 12.9. The van der Waals surface area contributed by atoms with Crippen molar-refractivity contribution in [1.29, 1.82) is 0 Å². The summed E-state index contributed by atoms with van der Waals surface area (Å²) in [6.07, 6.45) is 3.23. The van der Waals surface area contributed by atoms with E-state index in [1.165, 1.54) is 6.92 Å². The monoisotopic (exact) mass is 242 g/mol. The molecule has 1 rings (SSSR count). The van der Waals surface area contributed by atoms with Crippen LogP contribution in [0.2, 0.25) is 0 Å². The Bertz CT molecular complexity index is 281. The smallest absolute Gasteiger partial charge is 0.222 e. The van der Waals surface area contributed by atoms with E-state index in [1.807, 2.05) is 0 Å². The van der Waals surface area contributed by atoms with Gasteiger partial charge in [-0.2, -0.15) is 0 Å². The van der Waals surface area contributed by atoms with Crippen LogP contribution in [0.5, 0.6) is 0 Å². The van der Waals surface area contributed by atoms with E-state index in [0.717, 1.165) is 19.3 Å². The third-order valence-electron chi connectivity index (χ3n) is 2.86. The number of carbonyl (C=O) groups excluding carboxylic acids is 2. The zero-order valence-corrected chi connectivity index (χ0v) is 10.7. The average molecular weight is 242 g/mol. The predicted molar refractivity (Wildman–Crippen MR) is 64.4 cm³/mol. The standard InChI is InChI=1S/C12H22N2O3/c1-10(15)13-7-5-3-4-6-11(16)14-8-12(2,17)9-14/h17H,3-9H2,1-2H3,(H,13,15). The second-order valence-corrected chi connectivity index (χ2v) is 5.04. The summed E-state index contributed by atoms with van der Waals surface area (Å²) in [4.78, 5) is 23.9. The van der Waals surface area contributed by atoms with Crippen LogP contribution < -0.4 is 5.32 Å². The van der Waals surface area contributed by atoms with Crippen LogP contribution >= 0.6 is 0 Å². The molecule has 1 heterocycles. The summed E-state index contributed by atoms with van der Waals surface area (Å²) in [5, 5.41) is 12.2. The molecular formula is C12H22N2O3.